The summed E-state index contributed by atoms with van der Waals surface area (Å²) in [5, 5.41) is 4.58. The second kappa shape index (κ2) is 5.61. The molecular weight excluding hydrogens is 232 g/mol. The number of hydrogen-bond donors (Lipinski definition) is 1. The van der Waals surface area contributed by atoms with Crippen LogP contribution in [0.2, 0.25) is 0 Å². The minimum Gasteiger partial charge on any atom is -0.375 e. The normalized spacial score (nSPS) is 34.9. The fourth-order valence-electron chi connectivity index (χ4n) is 2.59. The Morgan fingerprint density at radius 1 is 1.47 bits per heavy atom. The fraction of sp³-hybridized carbons (Fsp3) is 0.923. The van der Waals surface area contributed by atoms with Crippen LogP contribution in [0.5, 0.6) is 0 Å². The minimum atomic E-state index is 0.0852. The highest BCUT2D eigenvalue weighted by Crippen LogP contribution is 2.33. The molecule has 17 heavy (non-hydrogen) atoms. The lowest BCUT2D eigenvalue weighted by Crippen LogP contribution is -2.41. The van der Waals surface area contributed by atoms with Crippen molar-refractivity contribution in [3.63, 3.8) is 0 Å². The Morgan fingerprint density at radius 3 is 2.82 bits per heavy atom. The number of hydrogen-bond acceptors (Lipinski definition) is 3. The predicted octanol–water partition coefficient (Wildman–Crippen LogP) is 2.81. The first kappa shape index (κ1) is 13.2. The maximum absolute atomic E-state index is 5.98. The molecule has 2 aliphatic heterocycles. The van der Waals surface area contributed by atoms with Crippen molar-refractivity contribution in [2.24, 2.45) is 4.99 Å². The molecule has 2 atom stereocenters. The molecular formula is C13H24N2OS. The van der Waals surface area contributed by atoms with Crippen molar-refractivity contribution in [2.75, 3.05) is 12.4 Å². The van der Waals surface area contributed by atoms with Crippen LogP contribution < -0.4 is 5.32 Å². The maximum Gasteiger partial charge on any atom is 0.157 e. The van der Waals surface area contributed by atoms with E-state index in [0.717, 1.165) is 43.2 Å². The number of rotatable bonds is 3. The van der Waals surface area contributed by atoms with Gasteiger partial charge in [0.1, 0.15) is 0 Å². The van der Waals surface area contributed by atoms with Gasteiger partial charge in [0.2, 0.25) is 0 Å². The molecule has 0 aromatic heterocycles. The zero-order valence-corrected chi connectivity index (χ0v) is 12.0. The van der Waals surface area contributed by atoms with Crippen LogP contribution in [0.4, 0.5) is 0 Å². The number of nitrogens with zero attached hydrogens (tertiary/aromatic N) is 1. The third kappa shape index (κ3) is 3.16. The Balaban J connectivity index is 1.98. The zero-order valence-electron chi connectivity index (χ0n) is 11.2. The smallest absolute Gasteiger partial charge is 0.157 e. The molecule has 3 nitrogen and oxygen atoms in total. The second-order valence-corrected chi connectivity index (χ2v) is 6.18. The minimum absolute atomic E-state index is 0.0852. The fourth-order valence-corrected chi connectivity index (χ4v) is 3.59. The van der Waals surface area contributed by atoms with Crippen molar-refractivity contribution in [3.8, 4) is 0 Å². The average Bonchev–Trinajstić information content (AvgIpc) is 2.75. The van der Waals surface area contributed by atoms with Gasteiger partial charge in [-0.15, -0.1) is 0 Å². The molecule has 4 heteroatoms. The number of aliphatic imine (C=N–C) groups is 1. The molecule has 1 N–H and O–H groups in total. The van der Waals surface area contributed by atoms with Crippen LogP contribution in [0.25, 0.3) is 0 Å². The first-order valence-corrected chi connectivity index (χ1v) is 7.77. The highest BCUT2D eigenvalue weighted by Gasteiger charge is 2.34. The number of amidine groups is 1. The summed E-state index contributed by atoms with van der Waals surface area (Å²) in [4.78, 5) is 4.87. The summed E-state index contributed by atoms with van der Waals surface area (Å²) in [7, 11) is 0. The number of ether oxygens (including phenoxy) is 1. The average molecular weight is 256 g/mol. The van der Waals surface area contributed by atoms with Gasteiger partial charge in [0.25, 0.3) is 0 Å². The van der Waals surface area contributed by atoms with Crippen molar-refractivity contribution >= 4 is 16.9 Å². The van der Waals surface area contributed by atoms with Crippen LogP contribution >= 0.6 is 11.8 Å². The number of thioether (sulfide) groups is 1. The summed E-state index contributed by atoms with van der Waals surface area (Å²) in [5.41, 5.74) is 0.0852. The third-order valence-corrected chi connectivity index (χ3v) is 5.06. The largest absolute Gasteiger partial charge is 0.375 e. The maximum atomic E-state index is 5.98. The molecule has 0 amide bonds. The summed E-state index contributed by atoms with van der Waals surface area (Å²) in [6.07, 6.45) is 4.35. The van der Waals surface area contributed by atoms with Crippen LogP contribution in [0, 0.1) is 0 Å². The van der Waals surface area contributed by atoms with Gasteiger partial charge < -0.3 is 10.1 Å². The van der Waals surface area contributed by atoms with Gasteiger partial charge in [-0.05, 0) is 32.6 Å². The summed E-state index contributed by atoms with van der Waals surface area (Å²) in [6, 6.07) is 1.02. The van der Waals surface area contributed by atoms with E-state index in [1.165, 1.54) is 0 Å². The SMILES string of the molecule is CCC1(CC)CC(N=C2NC(C)CS2)CCO1. The Kier molecular flexibility index (Phi) is 4.36. The van der Waals surface area contributed by atoms with E-state index in [1.54, 1.807) is 0 Å². The molecule has 0 aliphatic carbocycles. The van der Waals surface area contributed by atoms with Crippen molar-refractivity contribution in [2.45, 2.75) is 64.1 Å². The van der Waals surface area contributed by atoms with Gasteiger partial charge in [-0.25, -0.2) is 0 Å². The Labute approximate surface area is 109 Å². The predicted molar refractivity (Wildman–Crippen MR) is 74.8 cm³/mol. The van der Waals surface area contributed by atoms with E-state index >= 15 is 0 Å². The van der Waals surface area contributed by atoms with Crippen LogP contribution in [-0.4, -0.2) is 35.2 Å². The topological polar surface area (TPSA) is 33.6 Å². The van der Waals surface area contributed by atoms with E-state index in [0.29, 0.717) is 12.1 Å². The van der Waals surface area contributed by atoms with Crippen LogP contribution in [0.15, 0.2) is 4.99 Å². The van der Waals surface area contributed by atoms with Crippen molar-refractivity contribution < 1.29 is 4.74 Å². The van der Waals surface area contributed by atoms with E-state index in [4.69, 9.17) is 9.73 Å². The molecule has 2 unspecified atom stereocenters. The van der Waals surface area contributed by atoms with E-state index in [1.807, 2.05) is 11.8 Å². The Hall–Kier alpha value is -0.220. The van der Waals surface area contributed by atoms with Gasteiger partial charge in [-0.3, -0.25) is 4.99 Å². The lowest BCUT2D eigenvalue weighted by atomic mass is 9.86. The molecule has 0 aromatic rings. The van der Waals surface area contributed by atoms with Gasteiger partial charge in [0, 0.05) is 18.4 Å². The highest BCUT2D eigenvalue weighted by atomic mass is 32.2. The first-order chi connectivity index (χ1) is 8.17. The van der Waals surface area contributed by atoms with Gasteiger partial charge in [-0.1, -0.05) is 25.6 Å². The van der Waals surface area contributed by atoms with E-state index < -0.39 is 0 Å². The Morgan fingerprint density at radius 2 is 2.24 bits per heavy atom. The summed E-state index contributed by atoms with van der Waals surface area (Å²) < 4.78 is 5.98. The van der Waals surface area contributed by atoms with Crippen molar-refractivity contribution in [3.05, 3.63) is 0 Å². The third-order valence-electron chi connectivity index (χ3n) is 3.90. The second-order valence-electron chi connectivity index (χ2n) is 5.18. The van der Waals surface area contributed by atoms with Gasteiger partial charge in [0.15, 0.2) is 5.17 Å². The van der Waals surface area contributed by atoms with Crippen molar-refractivity contribution in [1.82, 2.24) is 5.32 Å². The molecule has 98 valence electrons. The van der Waals surface area contributed by atoms with Crippen LogP contribution in [0.3, 0.4) is 0 Å². The molecule has 2 saturated heterocycles. The van der Waals surface area contributed by atoms with Crippen molar-refractivity contribution in [1.29, 1.82) is 0 Å². The van der Waals surface area contributed by atoms with E-state index in [9.17, 15) is 0 Å². The molecule has 0 saturated carbocycles. The molecule has 2 rings (SSSR count). The molecule has 0 aromatic carbocycles. The summed E-state index contributed by atoms with van der Waals surface area (Å²) >= 11 is 1.86. The van der Waals surface area contributed by atoms with Crippen LogP contribution in [0.1, 0.15) is 46.5 Å². The molecule has 2 heterocycles. The number of nitrogens with one attached hydrogen (secondary N) is 1. The van der Waals surface area contributed by atoms with E-state index in [2.05, 4.69) is 26.1 Å². The van der Waals surface area contributed by atoms with E-state index in [-0.39, 0.29) is 5.60 Å². The van der Waals surface area contributed by atoms with Crippen LogP contribution in [-0.2, 0) is 4.74 Å². The van der Waals surface area contributed by atoms with Gasteiger partial charge in [0.05, 0.1) is 11.6 Å². The first-order valence-electron chi connectivity index (χ1n) is 6.78. The summed E-state index contributed by atoms with van der Waals surface area (Å²) in [5.74, 6) is 1.15. The highest BCUT2D eigenvalue weighted by molar-refractivity contribution is 8.14. The van der Waals surface area contributed by atoms with Gasteiger partial charge >= 0.3 is 0 Å². The molecule has 2 fully saturated rings. The standard InChI is InChI=1S/C13H24N2OS/c1-4-13(5-2)8-11(6-7-16-13)15-12-14-10(3)9-17-12/h10-11H,4-9H2,1-3H3,(H,14,15). The lowest BCUT2D eigenvalue weighted by molar-refractivity contribution is -0.0884. The molecule has 0 radical (unpaired) electrons. The Bertz CT molecular complexity index is 289. The molecule has 2 aliphatic rings. The monoisotopic (exact) mass is 256 g/mol. The quantitative estimate of drug-likeness (QED) is 0.843. The zero-order chi connectivity index (χ0) is 12.3. The molecule has 0 bridgehead atoms. The molecule has 0 spiro atoms. The van der Waals surface area contributed by atoms with Gasteiger partial charge in [-0.2, -0.15) is 0 Å². The summed E-state index contributed by atoms with van der Waals surface area (Å²) in [6.45, 7) is 7.53. The lowest BCUT2D eigenvalue weighted by Gasteiger charge is -2.38.